The largest absolute Gasteiger partial charge is 0.496 e. The van der Waals surface area contributed by atoms with Crippen LogP contribution >= 0.6 is 11.6 Å². The molecule has 1 aliphatic rings. The standard InChI is InChI=1S/C18H13ClO3/c1-21-16-5-3-2-4-13(16)10-14-11-17(22-18(14)20)12-6-8-15(19)9-7-12/h2-11H,1H3/b14-10-. The van der Waals surface area contributed by atoms with Crippen molar-refractivity contribution in [2.45, 2.75) is 0 Å². The Morgan fingerprint density at radius 3 is 2.55 bits per heavy atom. The highest BCUT2D eigenvalue weighted by Crippen LogP contribution is 2.29. The molecule has 0 unspecified atom stereocenters. The highest BCUT2D eigenvalue weighted by molar-refractivity contribution is 6.30. The van der Waals surface area contributed by atoms with Gasteiger partial charge in [-0.3, -0.25) is 0 Å². The van der Waals surface area contributed by atoms with Crippen LogP contribution in [0.25, 0.3) is 11.8 Å². The van der Waals surface area contributed by atoms with Crippen LogP contribution in [0.2, 0.25) is 5.02 Å². The Balaban J connectivity index is 1.96. The molecule has 0 saturated heterocycles. The quantitative estimate of drug-likeness (QED) is 0.625. The van der Waals surface area contributed by atoms with Gasteiger partial charge in [0.05, 0.1) is 12.7 Å². The van der Waals surface area contributed by atoms with Crippen molar-refractivity contribution in [3.8, 4) is 5.75 Å². The lowest BCUT2D eigenvalue weighted by Crippen LogP contribution is -1.97. The Hall–Kier alpha value is -2.52. The zero-order valence-corrected chi connectivity index (χ0v) is 12.6. The van der Waals surface area contributed by atoms with Crippen LogP contribution in [0.5, 0.6) is 5.75 Å². The number of hydrogen-bond acceptors (Lipinski definition) is 3. The molecule has 0 atom stereocenters. The first-order valence-electron chi connectivity index (χ1n) is 6.72. The smallest absolute Gasteiger partial charge is 0.343 e. The van der Waals surface area contributed by atoms with Gasteiger partial charge in [-0.15, -0.1) is 0 Å². The van der Waals surface area contributed by atoms with Crippen molar-refractivity contribution in [3.63, 3.8) is 0 Å². The Bertz CT molecular complexity index is 773. The monoisotopic (exact) mass is 312 g/mol. The van der Waals surface area contributed by atoms with Crippen molar-refractivity contribution in [2.24, 2.45) is 0 Å². The van der Waals surface area contributed by atoms with Crippen LogP contribution in [0.1, 0.15) is 11.1 Å². The third-order valence-electron chi connectivity index (χ3n) is 3.30. The van der Waals surface area contributed by atoms with Gasteiger partial charge in [0.2, 0.25) is 0 Å². The van der Waals surface area contributed by atoms with Gasteiger partial charge in [0.15, 0.2) is 0 Å². The molecular weight excluding hydrogens is 300 g/mol. The van der Waals surface area contributed by atoms with Crippen molar-refractivity contribution in [1.82, 2.24) is 0 Å². The molecule has 3 nitrogen and oxygen atoms in total. The van der Waals surface area contributed by atoms with E-state index < -0.39 is 0 Å². The van der Waals surface area contributed by atoms with E-state index >= 15 is 0 Å². The first-order valence-corrected chi connectivity index (χ1v) is 7.10. The molecular formula is C18H13ClO3. The molecule has 0 fully saturated rings. The maximum Gasteiger partial charge on any atom is 0.343 e. The molecule has 0 amide bonds. The zero-order chi connectivity index (χ0) is 15.5. The van der Waals surface area contributed by atoms with Gasteiger partial charge in [0.1, 0.15) is 11.5 Å². The number of rotatable bonds is 3. The number of ether oxygens (including phenoxy) is 2. The lowest BCUT2D eigenvalue weighted by molar-refractivity contribution is -0.130. The van der Waals surface area contributed by atoms with Crippen LogP contribution in [-0.2, 0) is 9.53 Å². The van der Waals surface area contributed by atoms with Gasteiger partial charge < -0.3 is 9.47 Å². The Morgan fingerprint density at radius 1 is 1.09 bits per heavy atom. The number of esters is 1. The van der Waals surface area contributed by atoms with Crippen LogP contribution in [0, 0.1) is 0 Å². The molecule has 0 aliphatic carbocycles. The average molecular weight is 313 g/mol. The van der Waals surface area contributed by atoms with Gasteiger partial charge in [-0.1, -0.05) is 29.8 Å². The minimum atomic E-state index is -0.379. The maximum absolute atomic E-state index is 12.0. The fraction of sp³-hybridized carbons (Fsp3) is 0.0556. The van der Waals surface area contributed by atoms with Gasteiger partial charge in [-0.25, -0.2) is 4.79 Å². The number of hydrogen-bond donors (Lipinski definition) is 0. The summed E-state index contributed by atoms with van der Waals surface area (Å²) in [7, 11) is 1.60. The molecule has 0 N–H and O–H groups in total. The van der Waals surface area contributed by atoms with Gasteiger partial charge in [0, 0.05) is 16.1 Å². The van der Waals surface area contributed by atoms with E-state index in [1.54, 1.807) is 31.4 Å². The second-order valence-electron chi connectivity index (χ2n) is 4.75. The van der Waals surface area contributed by atoms with E-state index in [4.69, 9.17) is 21.1 Å². The van der Waals surface area contributed by atoms with Crippen molar-refractivity contribution in [2.75, 3.05) is 7.11 Å². The number of para-hydroxylation sites is 1. The molecule has 3 rings (SSSR count). The fourth-order valence-corrected chi connectivity index (χ4v) is 2.32. The first kappa shape index (κ1) is 14.4. The third-order valence-corrected chi connectivity index (χ3v) is 3.56. The van der Waals surface area contributed by atoms with Crippen molar-refractivity contribution < 1.29 is 14.3 Å². The Morgan fingerprint density at radius 2 is 1.82 bits per heavy atom. The van der Waals surface area contributed by atoms with Crippen molar-refractivity contribution in [3.05, 3.63) is 76.3 Å². The van der Waals surface area contributed by atoms with Crippen LogP contribution in [0.4, 0.5) is 0 Å². The summed E-state index contributed by atoms with van der Waals surface area (Å²) in [4.78, 5) is 12.0. The van der Waals surface area contributed by atoms with Crippen molar-refractivity contribution in [1.29, 1.82) is 0 Å². The lowest BCUT2D eigenvalue weighted by atomic mass is 10.1. The molecule has 22 heavy (non-hydrogen) atoms. The van der Waals surface area contributed by atoms with E-state index in [1.807, 2.05) is 36.4 Å². The molecule has 0 aromatic heterocycles. The summed E-state index contributed by atoms with van der Waals surface area (Å²) in [5, 5.41) is 0.637. The zero-order valence-electron chi connectivity index (χ0n) is 11.9. The fourth-order valence-electron chi connectivity index (χ4n) is 2.20. The second-order valence-corrected chi connectivity index (χ2v) is 5.18. The summed E-state index contributed by atoms with van der Waals surface area (Å²) in [6.45, 7) is 0. The molecule has 2 aromatic rings. The summed E-state index contributed by atoms with van der Waals surface area (Å²) in [6.07, 6.45) is 3.47. The van der Waals surface area contributed by atoms with E-state index in [-0.39, 0.29) is 5.97 Å². The van der Waals surface area contributed by atoms with E-state index in [2.05, 4.69) is 0 Å². The van der Waals surface area contributed by atoms with E-state index in [0.717, 1.165) is 11.1 Å². The predicted molar refractivity (Wildman–Crippen MR) is 86.5 cm³/mol. The first-order chi connectivity index (χ1) is 10.7. The minimum Gasteiger partial charge on any atom is -0.496 e. The van der Waals surface area contributed by atoms with E-state index in [0.29, 0.717) is 22.1 Å². The van der Waals surface area contributed by atoms with Gasteiger partial charge in [0.25, 0.3) is 0 Å². The number of carbonyl (C=O) groups is 1. The average Bonchev–Trinajstić information content (AvgIpc) is 2.89. The van der Waals surface area contributed by atoms with Gasteiger partial charge >= 0.3 is 5.97 Å². The molecule has 1 heterocycles. The minimum absolute atomic E-state index is 0.379. The van der Waals surface area contributed by atoms with Crippen LogP contribution in [0.3, 0.4) is 0 Å². The summed E-state index contributed by atoms with van der Waals surface area (Å²) < 4.78 is 10.6. The Kier molecular flexibility index (Phi) is 3.98. The van der Waals surface area contributed by atoms with Crippen LogP contribution in [0.15, 0.2) is 60.2 Å². The van der Waals surface area contributed by atoms with Gasteiger partial charge in [-0.2, -0.15) is 0 Å². The molecule has 4 heteroatoms. The molecule has 0 bridgehead atoms. The molecule has 0 radical (unpaired) electrons. The highest BCUT2D eigenvalue weighted by atomic mass is 35.5. The third kappa shape index (κ3) is 2.90. The van der Waals surface area contributed by atoms with E-state index in [9.17, 15) is 4.79 Å². The summed E-state index contributed by atoms with van der Waals surface area (Å²) in [5.41, 5.74) is 2.11. The summed E-state index contributed by atoms with van der Waals surface area (Å²) >= 11 is 5.86. The number of halogens is 1. The molecule has 110 valence electrons. The number of benzene rings is 2. The number of carbonyl (C=O) groups excluding carboxylic acids is 1. The SMILES string of the molecule is COc1ccccc1/C=C1/C=C(c2ccc(Cl)cc2)OC1=O. The lowest BCUT2D eigenvalue weighted by Gasteiger charge is -2.03. The second kappa shape index (κ2) is 6.08. The predicted octanol–water partition coefficient (Wildman–Crippen LogP) is 4.33. The molecule has 0 spiro atoms. The summed E-state index contributed by atoms with van der Waals surface area (Å²) in [6, 6.07) is 14.6. The molecule has 0 saturated carbocycles. The van der Waals surface area contributed by atoms with Crippen LogP contribution in [-0.4, -0.2) is 13.1 Å². The highest BCUT2D eigenvalue weighted by Gasteiger charge is 2.22. The molecule has 2 aromatic carbocycles. The van der Waals surface area contributed by atoms with E-state index in [1.165, 1.54) is 0 Å². The van der Waals surface area contributed by atoms with Gasteiger partial charge in [-0.05, 0) is 42.5 Å². The van der Waals surface area contributed by atoms with Crippen LogP contribution < -0.4 is 4.74 Å². The molecule has 1 aliphatic heterocycles. The summed E-state index contributed by atoms with van der Waals surface area (Å²) in [5.74, 6) is 0.842. The topological polar surface area (TPSA) is 35.5 Å². The van der Waals surface area contributed by atoms with Crippen molar-refractivity contribution >= 4 is 29.4 Å². The number of methoxy groups -OCH3 is 1. The number of cyclic esters (lactones) is 1. The maximum atomic E-state index is 12.0. The Labute approximate surface area is 133 Å². The normalized spacial score (nSPS) is 15.6.